The van der Waals surface area contributed by atoms with Crippen LogP contribution in [0.3, 0.4) is 0 Å². The van der Waals surface area contributed by atoms with E-state index in [-0.39, 0.29) is 23.6 Å². The Morgan fingerprint density at radius 2 is 2.32 bits per heavy atom. The third-order valence-corrected chi connectivity index (χ3v) is 4.68. The molecule has 0 bridgehead atoms. The van der Waals surface area contributed by atoms with E-state index in [9.17, 15) is 14.4 Å². The molecular weight excluding hydrogens is 310 g/mol. The molecule has 1 saturated heterocycles. The Balaban J connectivity index is 1.62. The summed E-state index contributed by atoms with van der Waals surface area (Å²) in [6, 6.07) is 1.57. The number of ether oxygens (including phenoxy) is 1. The van der Waals surface area contributed by atoms with Crippen LogP contribution in [0.4, 0.5) is 0 Å². The maximum Gasteiger partial charge on any atom is 0.356 e. The number of rotatable bonds is 2. The van der Waals surface area contributed by atoms with Crippen LogP contribution in [-0.2, 0) is 20.9 Å². The Morgan fingerprint density at radius 3 is 3.05 bits per heavy atom. The first-order valence-electron chi connectivity index (χ1n) is 6.45. The van der Waals surface area contributed by atoms with Gasteiger partial charge < -0.3 is 9.84 Å². The Labute approximate surface area is 128 Å². The number of carbonyl (C=O) groups excluding carboxylic acids is 2. The lowest BCUT2D eigenvalue weighted by Crippen LogP contribution is -2.51. The highest BCUT2D eigenvalue weighted by Gasteiger charge is 2.49. The maximum absolute atomic E-state index is 12.1. The van der Waals surface area contributed by atoms with Gasteiger partial charge in [-0.2, -0.15) is 5.10 Å². The number of cyclic esters (lactones) is 1. The Morgan fingerprint density at radius 1 is 1.50 bits per heavy atom. The Kier molecular flexibility index (Phi) is 2.67. The number of β-lactam (4-membered cyclic amide) rings is 1. The van der Waals surface area contributed by atoms with Crippen LogP contribution >= 0.6 is 11.8 Å². The average Bonchev–Trinajstić information content (AvgIpc) is 3.07. The van der Waals surface area contributed by atoms with Gasteiger partial charge in [0.05, 0.1) is 17.8 Å². The third kappa shape index (κ3) is 1.72. The van der Waals surface area contributed by atoms with Gasteiger partial charge >= 0.3 is 11.9 Å². The molecule has 22 heavy (non-hydrogen) atoms. The fraction of sp³-hybridized carbons (Fsp3) is 0.231. The number of fused-ring (bicyclic) bond motifs is 2. The largest absolute Gasteiger partial charge is 0.477 e. The lowest BCUT2D eigenvalue weighted by molar-refractivity contribution is -0.141. The first-order valence-corrected chi connectivity index (χ1v) is 7.39. The van der Waals surface area contributed by atoms with Crippen molar-refractivity contribution in [2.45, 2.75) is 11.9 Å². The van der Waals surface area contributed by atoms with E-state index in [1.165, 1.54) is 22.1 Å². The summed E-state index contributed by atoms with van der Waals surface area (Å²) in [5, 5.41) is 14.4. The number of thioether (sulfide) groups is 1. The normalized spacial score (nSPS) is 24.5. The molecule has 0 aliphatic carbocycles. The number of hydrogen-bond donors (Lipinski definition) is 1. The van der Waals surface area contributed by atoms with E-state index in [1.807, 2.05) is 0 Å². The van der Waals surface area contributed by atoms with Crippen LogP contribution in [-0.4, -0.2) is 49.6 Å². The van der Waals surface area contributed by atoms with E-state index < -0.39 is 11.9 Å². The van der Waals surface area contributed by atoms with Crippen molar-refractivity contribution >= 4 is 35.7 Å². The summed E-state index contributed by atoms with van der Waals surface area (Å²) in [5.41, 5.74) is 1.30. The molecule has 1 aromatic heterocycles. The van der Waals surface area contributed by atoms with Gasteiger partial charge in [-0.15, -0.1) is 11.8 Å². The maximum atomic E-state index is 12.1. The minimum absolute atomic E-state index is 0.00939. The van der Waals surface area contributed by atoms with Gasteiger partial charge in [0.15, 0.2) is 0 Å². The third-order valence-electron chi connectivity index (χ3n) is 3.60. The van der Waals surface area contributed by atoms with E-state index in [0.717, 1.165) is 0 Å². The second kappa shape index (κ2) is 4.47. The first-order chi connectivity index (χ1) is 10.6. The fourth-order valence-corrected chi connectivity index (χ4v) is 3.68. The van der Waals surface area contributed by atoms with E-state index in [1.54, 1.807) is 16.8 Å². The number of nitrogens with zero attached hydrogens (tertiary/aromatic N) is 3. The summed E-state index contributed by atoms with van der Waals surface area (Å²) >= 11 is 1.26. The molecule has 3 aliphatic heterocycles. The fourth-order valence-electron chi connectivity index (χ4n) is 2.57. The summed E-state index contributed by atoms with van der Waals surface area (Å²) in [4.78, 5) is 35.9. The first kappa shape index (κ1) is 13.1. The monoisotopic (exact) mass is 319 g/mol. The van der Waals surface area contributed by atoms with Crippen molar-refractivity contribution < 1.29 is 24.2 Å². The highest BCUT2D eigenvalue weighted by atomic mass is 32.2. The van der Waals surface area contributed by atoms with Crippen molar-refractivity contribution in [1.29, 1.82) is 0 Å². The number of esters is 1. The summed E-state index contributed by atoms with van der Waals surface area (Å²) in [6.07, 6.45) is 1.59. The summed E-state index contributed by atoms with van der Waals surface area (Å²) in [5.74, 6) is -1.91. The van der Waals surface area contributed by atoms with Gasteiger partial charge in [0.25, 0.3) is 5.91 Å². The van der Waals surface area contributed by atoms with Crippen molar-refractivity contribution in [2.75, 3.05) is 6.61 Å². The van der Waals surface area contributed by atoms with E-state index in [4.69, 9.17) is 9.84 Å². The zero-order valence-corrected chi connectivity index (χ0v) is 11.9. The van der Waals surface area contributed by atoms with Gasteiger partial charge in [-0.25, -0.2) is 9.59 Å². The van der Waals surface area contributed by atoms with Crippen LogP contribution in [0.25, 0.3) is 6.08 Å². The summed E-state index contributed by atoms with van der Waals surface area (Å²) in [7, 11) is 0. The van der Waals surface area contributed by atoms with Crippen LogP contribution in [0.5, 0.6) is 0 Å². The Bertz CT molecular complexity index is 794. The number of hydrogen-bond acceptors (Lipinski definition) is 6. The van der Waals surface area contributed by atoms with Gasteiger partial charge in [0.1, 0.15) is 23.4 Å². The van der Waals surface area contributed by atoms with Crippen LogP contribution in [0, 0.1) is 0 Å². The number of carboxylic acid groups (broad SMARTS) is 1. The molecule has 0 radical (unpaired) electrons. The number of aliphatic carboxylic acids is 1. The molecule has 0 spiro atoms. The van der Waals surface area contributed by atoms with Crippen molar-refractivity contribution in [3.63, 3.8) is 0 Å². The minimum Gasteiger partial charge on any atom is -0.477 e. The second-order valence-corrected chi connectivity index (χ2v) is 5.84. The Hall–Kier alpha value is -2.55. The summed E-state index contributed by atoms with van der Waals surface area (Å²) in [6.45, 7) is 0.758. The van der Waals surface area contributed by atoms with Crippen molar-refractivity contribution in [2.24, 2.45) is 0 Å². The molecule has 4 rings (SSSR count). The van der Waals surface area contributed by atoms with Crippen molar-refractivity contribution in [3.8, 4) is 0 Å². The highest BCUT2D eigenvalue weighted by Crippen LogP contribution is 2.45. The lowest BCUT2D eigenvalue weighted by Gasteiger charge is -2.36. The second-order valence-electron chi connectivity index (χ2n) is 4.89. The van der Waals surface area contributed by atoms with E-state index in [2.05, 4.69) is 5.10 Å². The molecule has 1 N–H and O–H groups in total. The number of amides is 1. The van der Waals surface area contributed by atoms with E-state index in [0.29, 0.717) is 23.5 Å². The minimum atomic E-state index is -1.12. The molecule has 1 amide bonds. The standard InChI is InChI=1S/C13H9N3O5S/c17-10-7(11-16(10)9(5-22-11)12(18)19)3-6-4-8-13(20)21-2-1-15(8)14-6/h3-5,11H,1-2H2,(H,18,19)/b7-3-/t11-/m1/s1. The average molecular weight is 319 g/mol. The molecule has 1 atom stereocenters. The summed E-state index contributed by atoms with van der Waals surface area (Å²) < 4.78 is 6.46. The molecule has 9 heteroatoms. The van der Waals surface area contributed by atoms with Gasteiger partial charge in [-0.05, 0) is 12.1 Å². The van der Waals surface area contributed by atoms with Gasteiger partial charge in [0, 0.05) is 5.41 Å². The van der Waals surface area contributed by atoms with E-state index >= 15 is 0 Å². The highest BCUT2D eigenvalue weighted by molar-refractivity contribution is 8.03. The molecule has 3 aliphatic rings. The van der Waals surface area contributed by atoms with Gasteiger partial charge in [-0.3, -0.25) is 14.4 Å². The molecule has 112 valence electrons. The van der Waals surface area contributed by atoms with Gasteiger partial charge in [0.2, 0.25) is 0 Å². The number of aromatic nitrogens is 2. The number of carbonyl (C=O) groups is 3. The quantitative estimate of drug-likeness (QED) is 0.474. The zero-order chi connectivity index (χ0) is 15.4. The molecule has 8 nitrogen and oxygen atoms in total. The predicted molar refractivity (Wildman–Crippen MR) is 74.4 cm³/mol. The van der Waals surface area contributed by atoms with Crippen LogP contribution < -0.4 is 0 Å². The zero-order valence-electron chi connectivity index (χ0n) is 11.1. The molecule has 0 saturated carbocycles. The van der Waals surface area contributed by atoms with Crippen LogP contribution in [0.1, 0.15) is 16.2 Å². The van der Waals surface area contributed by atoms with Crippen molar-refractivity contribution in [1.82, 2.24) is 14.7 Å². The molecule has 1 fully saturated rings. The van der Waals surface area contributed by atoms with Crippen LogP contribution in [0.2, 0.25) is 0 Å². The molecular formula is C13H9N3O5S. The lowest BCUT2D eigenvalue weighted by atomic mass is 10.0. The van der Waals surface area contributed by atoms with Crippen LogP contribution in [0.15, 0.2) is 22.7 Å². The topological polar surface area (TPSA) is 102 Å². The molecule has 1 aromatic rings. The molecule has 0 unspecified atom stereocenters. The molecule has 4 heterocycles. The van der Waals surface area contributed by atoms with Gasteiger partial charge in [-0.1, -0.05) is 0 Å². The van der Waals surface area contributed by atoms with Crippen molar-refractivity contribution in [3.05, 3.63) is 34.1 Å². The SMILES string of the molecule is O=C(O)C1=CS[C@@H]2/C(=C\c3cc4n(n3)CCOC4=O)C(=O)N12. The molecule has 0 aromatic carbocycles. The predicted octanol–water partition coefficient (Wildman–Crippen LogP) is 0.278. The smallest absolute Gasteiger partial charge is 0.356 e. The number of carboxylic acids is 1.